The largest absolute Gasteiger partial charge is 0.308 e. The first-order valence-electron chi connectivity index (χ1n) is 16.5. The molecule has 0 bridgehead atoms. The van der Waals surface area contributed by atoms with Gasteiger partial charge in [-0.25, -0.2) is 0 Å². The summed E-state index contributed by atoms with van der Waals surface area (Å²) in [6.07, 6.45) is 13.6. The summed E-state index contributed by atoms with van der Waals surface area (Å²) in [7, 11) is 0. The van der Waals surface area contributed by atoms with Crippen LogP contribution in [-0.2, 0) is 5.41 Å². The van der Waals surface area contributed by atoms with Crippen LogP contribution in [0.1, 0.15) is 48.8 Å². The monoisotopic (exact) mass is 668 g/mol. The van der Waals surface area contributed by atoms with Crippen LogP contribution < -0.4 is 0 Å². The zero-order valence-corrected chi connectivity index (χ0v) is 29.6. The number of pyridine rings is 1. The van der Waals surface area contributed by atoms with Crippen LogP contribution in [0.4, 0.5) is 0 Å². The maximum atomic E-state index is 4.83. The van der Waals surface area contributed by atoms with Crippen molar-refractivity contribution in [2.75, 3.05) is 0 Å². The summed E-state index contributed by atoms with van der Waals surface area (Å²) >= 11 is 3.78. The molecule has 6 aromatic rings. The molecule has 3 heterocycles. The highest BCUT2D eigenvalue weighted by Crippen LogP contribution is 2.56. The molecule has 0 radical (unpaired) electrons. The fourth-order valence-corrected chi connectivity index (χ4v) is 9.66. The molecule has 1 aliphatic heterocycles. The zero-order valence-electron chi connectivity index (χ0n) is 28.0. The van der Waals surface area contributed by atoms with E-state index < -0.39 is 0 Å². The number of allylic oxidation sites excluding steroid dienone is 5. The Kier molecular flexibility index (Phi) is 7.74. The van der Waals surface area contributed by atoms with Crippen molar-refractivity contribution in [3.63, 3.8) is 0 Å². The standard InChI is InChI=1S/C45H36N2S2/c1-7-13-28(14-8-2)38-21-19-31(27-46-38)47-39(10-4)32(9-3)35-24-30(18-22-40(35)47)29-17-20-36-33(23-29)34-25-43-44(26-37(34)45(36,5)6)49-42-16-12-11-15-41(42)48-43/h7-27H,1,3-4H2,2,5-6H3/b14-8-,28-13+. The number of fused-ring (bicyclic) bond motifs is 6. The van der Waals surface area contributed by atoms with Gasteiger partial charge in [-0.1, -0.05) is 118 Å². The minimum absolute atomic E-state index is 0.0743. The van der Waals surface area contributed by atoms with Gasteiger partial charge < -0.3 is 4.57 Å². The van der Waals surface area contributed by atoms with Crippen molar-refractivity contribution in [1.29, 1.82) is 0 Å². The van der Waals surface area contributed by atoms with Gasteiger partial charge in [0.1, 0.15) is 0 Å². The van der Waals surface area contributed by atoms with Crippen LogP contribution in [0, 0.1) is 0 Å². The van der Waals surface area contributed by atoms with Crippen molar-refractivity contribution >= 4 is 52.2 Å². The van der Waals surface area contributed by atoms with Crippen LogP contribution in [-0.4, -0.2) is 9.55 Å². The van der Waals surface area contributed by atoms with E-state index in [1.54, 1.807) is 6.08 Å². The van der Waals surface area contributed by atoms with Gasteiger partial charge in [-0.15, -0.1) is 0 Å². The topological polar surface area (TPSA) is 17.8 Å². The highest BCUT2D eigenvalue weighted by Gasteiger charge is 2.37. The fourth-order valence-electron chi connectivity index (χ4n) is 7.38. The summed E-state index contributed by atoms with van der Waals surface area (Å²) in [5.41, 5.74) is 13.8. The summed E-state index contributed by atoms with van der Waals surface area (Å²) in [6, 6.07) is 31.5. The van der Waals surface area contributed by atoms with E-state index in [1.807, 2.05) is 67.0 Å². The third-order valence-electron chi connectivity index (χ3n) is 9.75. The Morgan fingerprint density at radius 1 is 0.755 bits per heavy atom. The molecule has 4 aromatic carbocycles. The Bertz CT molecular complexity index is 2420. The SMILES string of the molecule is C=C/C=C(\C=C/C)c1ccc(-n2c(C=C)c(C=C)c3cc(-c4ccc5c(c4)-c4cc6c(cc4C5(C)C)Sc4ccccc4S6)ccc32)cn1. The lowest BCUT2D eigenvalue weighted by atomic mass is 9.82. The average Bonchev–Trinajstić information content (AvgIpc) is 3.56. The van der Waals surface area contributed by atoms with Crippen LogP contribution in [0.25, 0.3) is 56.6 Å². The second-order valence-electron chi connectivity index (χ2n) is 12.9. The first-order valence-corrected chi connectivity index (χ1v) is 18.1. The number of hydrogen-bond donors (Lipinski definition) is 0. The molecule has 238 valence electrons. The van der Waals surface area contributed by atoms with Crippen LogP contribution >= 0.6 is 23.5 Å². The van der Waals surface area contributed by atoms with Crippen molar-refractivity contribution in [2.24, 2.45) is 0 Å². The molecule has 8 rings (SSSR count). The molecule has 2 aromatic heterocycles. The summed E-state index contributed by atoms with van der Waals surface area (Å²) in [4.78, 5) is 10.2. The first kappa shape index (κ1) is 31.3. The second-order valence-corrected chi connectivity index (χ2v) is 15.1. The van der Waals surface area contributed by atoms with Crippen LogP contribution in [0.2, 0.25) is 0 Å². The average molecular weight is 669 g/mol. The molecule has 2 nitrogen and oxygen atoms in total. The van der Waals surface area contributed by atoms with Gasteiger partial charge in [-0.2, -0.15) is 0 Å². The maximum Gasteiger partial charge on any atom is 0.0703 e. The minimum atomic E-state index is -0.0743. The van der Waals surface area contributed by atoms with Gasteiger partial charge in [0.25, 0.3) is 0 Å². The normalized spacial score (nSPS) is 14.3. The minimum Gasteiger partial charge on any atom is -0.308 e. The van der Waals surface area contributed by atoms with Crippen molar-refractivity contribution < 1.29 is 0 Å². The molecule has 0 saturated heterocycles. The summed E-state index contributed by atoms with van der Waals surface area (Å²) < 4.78 is 2.23. The lowest BCUT2D eigenvalue weighted by Gasteiger charge is -2.24. The van der Waals surface area contributed by atoms with Crippen LogP contribution in [0.15, 0.2) is 155 Å². The number of aromatic nitrogens is 2. The van der Waals surface area contributed by atoms with Gasteiger partial charge in [0.05, 0.1) is 28.8 Å². The lowest BCUT2D eigenvalue weighted by Crippen LogP contribution is -2.15. The maximum absolute atomic E-state index is 4.83. The molecule has 0 amide bonds. The van der Waals surface area contributed by atoms with Crippen molar-refractivity contribution in [3.05, 3.63) is 163 Å². The predicted molar refractivity (Wildman–Crippen MR) is 212 cm³/mol. The molecule has 0 N–H and O–H groups in total. The van der Waals surface area contributed by atoms with E-state index in [2.05, 4.69) is 123 Å². The molecule has 4 heteroatoms. The number of rotatable bonds is 7. The van der Waals surface area contributed by atoms with Crippen molar-refractivity contribution in [3.8, 4) is 27.9 Å². The Labute approximate surface area is 297 Å². The number of hydrogen-bond acceptors (Lipinski definition) is 3. The Morgan fingerprint density at radius 3 is 2.14 bits per heavy atom. The summed E-state index contributed by atoms with van der Waals surface area (Å²) in [5.74, 6) is 0. The van der Waals surface area contributed by atoms with Gasteiger partial charge in [-0.05, 0) is 107 Å². The van der Waals surface area contributed by atoms with Gasteiger partial charge in [-0.3, -0.25) is 4.98 Å². The Balaban J connectivity index is 1.22. The summed E-state index contributed by atoms with van der Waals surface area (Å²) in [6.45, 7) is 19.0. The van der Waals surface area contributed by atoms with Crippen molar-refractivity contribution in [1.82, 2.24) is 9.55 Å². The van der Waals surface area contributed by atoms with E-state index in [9.17, 15) is 0 Å². The number of nitrogens with zero attached hydrogens (tertiary/aromatic N) is 2. The van der Waals surface area contributed by atoms with Crippen molar-refractivity contribution in [2.45, 2.75) is 45.8 Å². The smallest absolute Gasteiger partial charge is 0.0703 e. The van der Waals surface area contributed by atoms with E-state index in [4.69, 9.17) is 4.98 Å². The molecule has 0 unspecified atom stereocenters. The van der Waals surface area contributed by atoms with E-state index in [0.29, 0.717) is 0 Å². The molecule has 49 heavy (non-hydrogen) atoms. The van der Waals surface area contributed by atoms with Gasteiger partial charge in [0.2, 0.25) is 0 Å². The first-order chi connectivity index (χ1) is 23.9. The molecule has 1 aliphatic carbocycles. The zero-order chi connectivity index (χ0) is 33.9. The second kappa shape index (κ2) is 12.1. The quantitative estimate of drug-likeness (QED) is 0.157. The van der Waals surface area contributed by atoms with Gasteiger partial charge >= 0.3 is 0 Å². The molecule has 0 atom stereocenters. The summed E-state index contributed by atoms with van der Waals surface area (Å²) in [5, 5.41) is 1.13. The third kappa shape index (κ3) is 5.01. The van der Waals surface area contributed by atoms with Gasteiger partial charge in [0.15, 0.2) is 0 Å². The lowest BCUT2D eigenvalue weighted by molar-refractivity contribution is 0.657. The molecular weight excluding hydrogens is 633 g/mol. The predicted octanol–water partition coefficient (Wildman–Crippen LogP) is 13.0. The van der Waals surface area contributed by atoms with E-state index in [1.165, 1.54) is 53.0 Å². The van der Waals surface area contributed by atoms with Gasteiger partial charge in [0, 0.05) is 35.9 Å². The molecule has 0 saturated carbocycles. The number of benzene rings is 4. The van der Waals surface area contributed by atoms with E-state index >= 15 is 0 Å². The highest BCUT2D eigenvalue weighted by atomic mass is 32.2. The third-order valence-corrected chi connectivity index (χ3v) is 12.3. The molecule has 0 spiro atoms. The Hall–Kier alpha value is -5.03. The molecule has 0 fully saturated rings. The highest BCUT2D eigenvalue weighted by molar-refractivity contribution is 8.05. The fraction of sp³-hybridized carbons (Fsp3) is 0.0889. The van der Waals surface area contributed by atoms with Crippen LogP contribution in [0.5, 0.6) is 0 Å². The molecular formula is C45H36N2S2. The molecule has 2 aliphatic rings. The van der Waals surface area contributed by atoms with Crippen LogP contribution in [0.3, 0.4) is 0 Å². The van der Waals surface area contributed by atoms with E-state index in [0.717, 1.165) is 39.1 Å². The van der Waals surface area contributed by atoms with E-state index in [-0.39, 0.29) is 5.41 Å². The Morgan fingerprint density at radius 2 is 1.47 bits per heavy atom.